The molecule has 0 heterocycles. The van der Waals surface area contributed by atoms with Crippen LogP contribution in [0.15, 0.2) is 114 Å². The van der Waals surface area contributed by atoms with Crippen molar-refractivity contribution in [3.63, 3.8) is 0 Å². The fourth-order valence-electron chi connectivity index (χ4n) is 3.68. The second-order valence-electron chi connectivity index (χ2n) is 9.20. The van der Waals surface area contributed by atoms with Crippen LogP contribution in [0.3, 0.4) is 0 Å². The SMILES string of the molecule is Cc1ccc(C(C)C)cc1.Cc1ccc(S(=O)(=O)[N-][C@H](c2ccccc2)[C@H]([NH-])c2ccccc2)cc1.[Os+2]. The van der Waals surface area contributed by atoms with E-state index >= 15 is 0 Å². The van der Waals surface area contributed by atoms with E-state index in [0.717, 1.165) is 11.1 Å². The first kappa shape index (κ1) is 30.6. The summed E-state index contributed by atoms with van der Waals surface area (Å²) in [7, 11) is -3.87. The molecule has 37 heavy (non-hydrogen) atoms. The normalized spacial score (nSPS) is 12.6. The number of hydrogen-bond donors (Lipinski definition) is 0. The van der Waals surface area contributed by atoms with Crippen molar-refractivity contribution in [2.45, 2.75) is 50.6 Å². The molecule has 0 aliphatic rings. The van der Waals surface area contributed by atoms with E-state index < -0.39 is 22.1 Å². The summed E-state index contributed by atoms with van der Waals surface area (Å²) < 4.78 is 29.8. The van der Waals surface area contributed by atoms with E-state index in [1.165, 1.54) is 11.1 Å². The molecule has 0 unspecified atom stereocenters. The van der Waals surface area contributed by atoms with Crippen molar-refractivity contribution < 1.29 is 28.2 Å². The molecule has 0 bridgehead atoms. The van der Waals surface area contributed by atoms with Crippen molar-refractivity contribution in [1.82, 2.24) is 0 Å². The molecule has 6 heteroatoms. The fraction of sp³-hybridized carbons (Fsp3) is 0.226. The summed E-state index contributed by atoms with van der Waals surface area (Å²) in [6, 6.07) is 32.0. The van der Waals surface area contributed by atoms with Gasteiger partial charge in [-0.25, -0.2) is 8.42 Å². The zero-order valence-electron chi connectivity index (χ0n) is 21.6. The van der Waals surface area contributed by atoms with Gasteiger partial charge in [-0.15, -0.1) is 12.1 Å². The van der Waals surface area contributed by atoms with E-state index in [2.05, 4.69) is 49.8 Å². The largest absolute Gasteiger partial charge is 2.00 e. The summed E-state index contributed by atoms with van der Waals surface area (Å²) in [5.74, 6) is 0.653. The van der Waals surface area contributed by atoms with Gasteiger partial charge in [0.05, 0.1) is 0 Å². The van der Waals surface area contributed by atoms with Gasteiger partial charge in [0.25, 0.3) is 0 Å². The molecule has 1 N–H and O–H groups in total. The molecule has 0 spiro atoms. The third kappa shape index (κ3) is 9.02. The Balaban J connectivity index is 0.000000369. The Hall–Kier alpha value is -2.61. The van der Waals surface area contributed by atoms with Crippen LogP contribution in [-0.4, -0.2) is 8.42 Å². The van der Waals surface area contributed by atoms with Crippen LogP contribution in [-0.2, 0) is 29.8 Å². The third-order valence-corrected chi connectivity index (χ3v) is 7.30. The minimum atomic E-state index is -3.87. The number of benzene rings is 4. The predicted molar refractivity (Wildman–Crippen MR) is 150 cm³/mol. The molecule has 0 amide bonds. The molecule has 4 aromatic rings. The first-order chi connectivity index (χ1) is 17.2. The maximum absolute atomic E-state index is 12.8. The number of hydrogen-bond acceptors (Lipinski definition) is 2. The molecule has 0 aliphatic heterocycles. The minimum absolute atomic E-state index is 0. The topological polar surface area (TPSA) is 72.0 Å². The number of sulfonamides is 1. The smallest absolute Gasteiger partial charge is 0.672 e. The van der Waals surface area contributed by atoms with Crippen LogP contribution in [0, 0.1) is 13.8 Å². The molecule has 4 aromatic carbocycles. The number of nitrogens with one attached hydrogen (secondary N) is 1. The average Bonchev–Trinajstić information content (AvgIpc) is 2.89. The van der Waals surface area contributed by atoms with Gasteiger partial charge in [0.2, 0.25) is 0 Å². The van der Waals surface area contributed by atoms with Crippen LogP contribution in [0.2, 0.25) is 0 Å². The van der Waals surface area contributed by atoms with Gasteiger partial charge < -0.3 is 10.5 Å². The Bertz CT molecular complexity index is 1310. The van der Waals surface area contributed by atoms with E-state index in [9.17, 15) is 8.42 Å². The van der Waals surface area contributed by atoms with Crippen LogP contribution < -0.4 is 0 Å². The van der Waals surface area contributed by atoms with Crippen molar-refractivity contribution in [2.75, 3.05) is 0 Å². The summed E-state index contributed by atoms with van der Waals surface area (Å²) in [5, 5.41) is 0. The van der Waals surface area contributed by atoms with Crippen molar-refractivity contribution in [3.05, 3.63) is 147 Å². The quantitative estimate of drug-likeness (QED) is 0.195. The summed E-state index contributed by atoms with van der Waals surface area (Å²) >= 11 is 0. The number of nitrogens with zero attached hydrogens (tertiary/aromatic N) is 1. The van der Waals surface area contributed by atoms with Crippen molar-refractivity contribution in [3.8, 4) is 0 Å². The van der Waals surface area contributed by atoms with Crippen LogP contribution in [0.4, 0.5) is 0 Å². The molecule has 0 fully saturated rings. The van der Waals surface area contributed by atoms with Crippen LogP contribution in [0.25, 0.3) is 10.5 Å². The van der Waals surface area contributed by atoms with Gasteiger partial charge in [-0.05, 0) is 37.5 Å². The predicted octanol–water partition coefficient (Wildman–Crippen LogP) is 8.71. The monoisotopic (exact) mass is 690 g/mol. The first-order valence-corrected chi connectivity index (χ1v) is 13.5. The molecule has 194 valence electrons. The number of aryl methyl sites for hydroxylation is 2. The molecular formula is C31H34N2O2OsS. The molecule has 0 aromatic heterocycles. The molecule has 0 radical (unpaired) electrons. The van der Waals surface area contributed by atoms with Gasteiger partial charge in [-0.2, -0.15) is 0 Å². The van der Waals surface area contributed by atoms with Crippen LogP contribution in [0.5, 0.6) is 0 Å². The van der Waals surface area contributed by atoms with Gasteiger partial charge >= 0.3 is 19.8 Å². The Morgan fingerprint density at radius 2 is 1.05 bits per heavy atom. The molecular weight excluding hydrogens is 655 g/mol. The molecule has 4 nitrogen and oxygen atoms in total. The molecule has 0 aliphatic carbocycles. The van der Waals surface area contributed by atoms with Gasteiger partial charge in [0.15, 0.2) is 0 Å². The third-order valence-electron chi connectivity index (χ3n) is 5.93. The zero-order chi connectivity index (χ0) is 26.1. The van der Waals surface area contributed by atoms with Crippen molar-refractivity contribution >= 4 is 10.0 Å². The number of rotatable bonds is 7. The molecule has 2 atom stereocenters. The standard InChI is InChI=1S/C21H20N2O2S.C10H14.Os/c1-16-12-14-19(15-13-16)26(24,25)23-21(18-10-6-3-7-11-18)20(22)17-8-4-2-5-9-17;1-8(2)10-6-4-9(3)5-7-10;/h2-15,20-22H,1H3;4-8H,1-3H3;/q-2;;+2/t20-,21-;;/m1../s1. The van der Waals surface area contributed by atoms with E-state index in [1.54, 1.807) is 24.3 Å². The molecule has 0 saturated carbocycles. The average molecular weight is 689 g/mol. The molecule has 0 saturated heterocycles. The van der Waals surface area contributed by atoms with E-state index in [0.29, 0.717) is 11.5 Å². The van der Waals surface area contributed by atoms with E-state index in [1.807, 2.05) is 67.6 Å². The maximum Gasteiger partial charge on any atom is 2.00 e. The summed E-state index contributed by atoms with van der Waals surface area (Å²) in [5.41, 5.74) is 13.8. The van der Waals surface area contributed by atoms with Gasteiger partial charge in [0.1, 0.15) is 10.0 Å². The Labute approximate surface area is 235 Å². The second-order valence-corrected chi connectivity index (χ2v) is 10.8. The second kappa shape index (κ2) is 14.4. The fourth-order valence-corrected chi connectivity index (χ4v) is 4.82. The van der Waals surface area contributed by atoms with Gasteiger partial charge in [-0.1, -0.05) is 133 Å². The van der Waals surface area contributed by atoms with Gasteiger partial charge in [0, 0.05) is 4.90 Å². The minimum Gasteiger partial charge on any atom is -0.672 e. The summed E-state index contributed by atoms with van der Waals surface area (Å²) in [6.45, 7) is 8.44. The Morgan fingerprint density at radius 3 is 1.51 bits per heavy atom. The van der Waals surface area contributed by atoms with Crippen molar-refractivity contribution in [1.29, 1.82) is 0 Å². The van der Waals surface area contributed by atoms with Gasteiger partial charge in [-0.3, -0.25) is 0 Å². The zero-order valence-corrected chi connectivity index (χ0v) is 25.0. The van der Waals surface area contributed by atoms with Crippen LogP contribution in [0.1, 0.15) is 59.7 Å². The summed E-state index contributed by atoms with van der Waals surface area (Å²) in [4.78, 5) is 0.143. The van der Waals surface area contributed by atoms with E-state index in [-0.39, 0.29) is 24.7 Å². The van der Waals surface area contributed by atoms with Crippen LogP contribution >= 0.6 is 0 Å². The first-order valence-electron chi connectivity index (χ1n) is 12.1. The van der Waals surface area contributed by atoms with Crippen molar-refractivity contribution in [2.24, 2.45) is 0 Å². The summed E-state index contributed by atoms with van der Waals surface area (Å²) in [6.07, 6.45) is 0. The molecule has 4 rings (SSSR count). The Kier molecular flexibility index (Phi) is 11.9. The maximum atomic E-state index is 12.8. The Morgan fingerprint density at radius 1 is 0.622 bits per heavy atom. The van der Waals surface area contributed by atoms with E-state index in [4.69, 9.17) is 5.73 Å².